The van der Waals surface area contributed by atoms with Gasteiger partial charge in [0.05, 0.1) is 30.1 Å². The van der Waals surface area contributed by atoms with Gasteiger partial charge in [-0.3, -0.25) is 14.5 Å². The van der Waals surface area contributed by atoms with Crippen LogP contribution in [0.15, 0.2) is 11.6 Å². The number of carbonyl (C=O) groups excluding carboxylic acids is 2. The number of nitrogens with zero attached hydrogens (tertiary/aromatic N) is 1. The van der Waals surface area contributed by atoms with Crippen molar-refractivity contribution in [3.63, 3.8) is 0 Å². The van der Waals surface area contributed by atoms with E-state index < -0.39 is 11.8 Å². The van der Waals surface area contributed by atoms with Crippen LogP contribution in [0.1, 0.15) is 53.9 Å². The maximum atomic E-state index is 12.9. The maximum absolute atomic E-state index is 12.9. The number of rotatable bonds is 3. The number of fused-ring (bicyclic) bond motifs is 1. The normalized spacial score (nSPS) is 40.2. The van der Waals surface area contributed by atoms with E-state index in [9.17, 15) is 9.59 Å². The molecule has 0 unspecified atom stereocenters. The van der Waals surface area contributed by atoms with Crippen LogP contribution in [0.4, 0.5) is 0 Å². The first-order valence-corrected chi connectivity index (χ1v) is 10.2. The molecule has 7 atom stereocenters. The zero-order valence-corrected chi connectivity index (χ0v) is 17.8. The minimum absolute atomic E-state index is 0.107. The van der Waals surface area contributed by atoms with Crippen LogP contribution in [0, 0.1) is 29.1 Å². The Kier molecular flexibility index (Phi) is 5.57. The minimum atomic E-state index is -0.477. The number of carbonyl (C=O) groups is 2. The van der Waals surface area contributed by atoms with E-state index in [-0.39, 0.29) is 35.5 Å². The highest BCUT2D eigenvalue weighted by Crippen LogP contribution is 2.45. The monoisotopic (exact) mass is 377 g/mol. The van der Waals surface area contributed by atoms with Crippen molar-refractivity contribution in [3.05, 3.63) is 11.6 Å². The van der Waals surface area contributed by atoms with E-state index in [1.807, 2.05) is 13.0 Å². The summed E-state index contributed by atoms with van der Waals surface area (Å²) >= 11 is 0. The van der Waals surface area contributed by atoms with Gasteiger partial charge in [-0.1, -0.05) is 40.2 Å². The van der Waals surface area contributed by atoms with Gasteiger partial charge in [0.25, 0.3) is 0 Å². The van der Waals surface area contributed by atoms with E-state index in [4.69, 9.17) is 9.47 Å². The van der Waals surface area contributed by atoms with Crippen molar-refractivity contribution >= 4 is 11.8 Å². The fourth-order valence-electron chi connectivity index (χ4n) is 5.33. The first-order valence-electron chi connectivity index (χ1n) is 10.2. The summed E-state index contributed by atoms with van der Waals surface area (Å²) in [6, 6.07) is 0. The molecule has 1 saturated heterocycles. The van der Waals surface area contributed by atoms with Crippen LogP contribution in [0.25, 0.3) is 0 Å². The second-order valence-corrected chi connectivity index (χ2v) is 9.88. The number of hydrogen-bond acceptors (Lipinski definition) is 4. The molecule has 27 heavy (non-hydrogen) atoms. The second-order valence-electron chi connectivity index (χ2n) is 9.88. The molecule has 2 fully saturated rings. The van der Waals surface area contributed by atoms with Gasteiger partial charge in [-0.2, -0.15) is 0 Å². The summed E-state index contributed by atoms with van der Waals surface area (Å²) < 4.78 is 12.2. The Balaban J connectivity index is 1.92. The number of ether oxygens (including phenoxy) is 2. The predicted molar refractivity (Wildman–Crippen MR) is 104 cm³/mol. The molecule has 3 aliphatic rings. The largest absolute Gasteiger partial charge is 0.377 e. The number of likely N-dealkylation sites (tertiary alicyclic amines) is 1. The Bertz CT molecular complexity index is 635. The molecule has 1 heterocycles. The Morgan fingerprint density at radius 2 is 1.74 bits per heavy atom. The third-order valence-electron chi connectivity index (χ3n) is 6.93. The Labute approximate surface area is 163 Å². The molecule has 0 N–H and O–H groups in total. The van der Waals surface area contributed by atoms with E-state index in [0.717, 1.165) is 18.4 Å². The van der Waals surface area contributed by atoms with Gasteiger partial charge in [-0.05, 0) is 42.6 Å². The SMILES string of the molecule is CO[C@@H]1C=C(C)[C@@H](O[C@@H]2C[C@H](C)CC[C@H]2C(C)(C)C)[C@@H]2C(=O)N(C)C(=O)[C@@H]21. The van der Waals surface area contributed by atoms with Gasteiger partial charge < -0.3 is 9.47 Å². The Morgan fingerprint density at radius 1 is 1.11 bits per heavy atom. The molecule has 5 nitrogen and oxygen atoms in total. The van der Waals surface area contributed by atoms with Crippen LogP contribution in [0.5, 0.6) is 0 Å². The summed E-state index contributed by atoms with van der Waals surface area (Å²) in [5, 5.41) is 0. The van der Waals surface area contributed by atoms with E-state index in [1.165, 1.54) is 11.3 Å². The van der Waals surface area contributed by atoms with Crippen LogP contribution >= 0.6 is 0 Å². The molecular formula is C22H35NO4. The van der Waals surface area contributed by atoms with Crippen molar-refractivity contribution in [3.8, 4) is 0 Å². The molecule has 0 bridgehead atoms. The summed E-state index contributed by atoms with van der Waals surface area (Å²) in [7, 11) is 3.17. The fraction of sp³-hybridized carbons (Fsp3) is 0.818. The summed E-state index contributed by atoms with van der Waals surface area (Å²) in [5.74, 6) is -0.178. The molecule has 0 spiro atoms. The Morgan fingerprint density at radius 3 is 2.33 bits per heavy atom. The van der Waals surface area contributed by atoms with Gasteiger partial charge in [0.1, 0.15) is 0 Å². The molecule has 1 saturated carbocycles. The lowest BCUT2D eigenvalue weighted by atomic mass is 9.68. The zero-order valence-electron chi connectivity index (χ0n) is 17.8. The third-order valence-corrected chi connectivity index (χ3v) is 6.93. The summed E-state index contributed by atoms with van der Waals surface area (Å²) in [4.78, 5) is 26.8. The van der Waals surface area contributed by atoms with Crippen LogP contribution in [0.3, 0.4) is 0 Å². The van der Waals surface area contributed by atoms with Crippen molar-refractivity contribution in [1.29, 1.82) is 0 Å². The maximum Gasteiger partial charge on any atom is 0.235 e. The number of hydrogen-bond donors (Lipinski definition) is 0. The molecule has 2 aliphatic carbocycles. The summed E-state index contributed by atoms with van der Waals surface area (Å²) in [5.41, 5.74) is 1.16. The summed E-state index contributed by atoms with van der Waals surface area (Å²) in [6.07, 6.45) is 4.76. The predicted octanol–water partition coefficient (Wildman–Crippen LogP) is 3.43. The van der Waals surface area contributed by atoms with Gasteiger partial charge in [-0.25, -0.2) is 0 Å². The molecule has 0 aromatic heterocycles. The lowest BCUT2D eigenvalue weighted by molar-refractivity contribution is -0.144. The molecule has 3 rings (SSSR count). The van der Waals surface area contributed by atoms with Crippen molar-refractivity contribution < 1.29 is 19.1 Å². The van der Waals surface area contributed by atoms with E-state index >= 15 is 0 Å². The van der Waals surface area contributed by atoms with E-state index in [1.54, 1.807) is 14.2 Å². The first kappa shape index (κ1) is 20.5. The van der Waals surface area contributed by atoms with Crippen molar-refractivity contribution in [1.82, 2.24) is 4.90 Å². The van der Waals surface area contributed by atoms with Crippen molar-refractivity contribution in [2.24, 2.45) is 29.1 Å². The minimum Gasteiger partial charge on any atom is -0.377 e. The van der Waals surface area contributed by atoms with E-state index in [0.29, 0.717) is 11.8 Å². The number of methoxy groups -OCH3 is 1. The lowest BCUT2D eigenvalue weighted by Gasteiger charge is -2.45. The molecule has 0 radical (unpaired) electrons. The standard InChI is InChI=1S/C22H35NO4/c1-12-8-9-14(22(3,4)5)15(10-12)27-19-13(2)11-16(26-7)17-18(19)21(25)23(6)20(17)24/h11-12,14-19H,8-10H2,1-7H3/t12-,14-,15-,16-,17-,18-,19-/m1/s1. The number of amides is 2. The smallest absolute Gasteiger partial charge is 0.235 e. The fourth-order valence-corrected chi connectivity index (χ4v) is 5.33. The molecule has 2 amide bonds. The van der Waals surface area contributed by atoms with Crippen molar-refractivity contribution in [2.45, 2.75) is 72.2 Å². The first-order chi connectivity index (χ1) is 12.6. The van der Waals surface area contributed by atoms with Gasteiger partial charge in [0.15, 0.2) is 0 Å². The number of imide groups is 1. The summed E-state index contributed by atoms with van der Waals surface area (Å²) in [6.45, 7) is 11.1. The highest BCUT2D eigenvalue weighted by atomic mass is 16.5. The highest BCUT2D eigenvalue weighted by molar-refractivity contribution is 6.06. The van der Waals surface area contributed by atoms with Gasteiger partial charge >= 0.3 is 0 Å². The Hall–Kier alpha value is -1.20. The second kappa shape index (κ2) is 7.32. The van der Waals surface area contributed by atoms with E-state index in [2.05, 4.69) is 27.7 Å². The van der Waals surface area contributed by atoms with Crippen LogP contribution in [-0.2, 0) is 19.1 Å². The lowest BCUT2D eigenvalue weighted by Crippen LogP contribution is -2.48. The van der Waals surface area contributed by atoms with Crippen LogP contribution < -0.4 is 0 Å². The zero-order chi connectivity index (χ0) is 20.1. The molecular weight excluding hydrogens is 342 g/mol. The van der Waals surface area contributed by atoms with Crippen LogP contribution in [-0.4, -0.2) is 49.2 Å². The topological polar surface area (TPSA) is 55.8 Å². The molecule has 1 aliphatic heterocycles. The average Bonchev–Trinajstić information content (AvgIpc) is 2.81. The highest BCUT2D eigenvalue weighted by Gasteiger charge is 2.56. The molecule has 5 heteroatoms. The molecule has 0 aromatic rings. The molecule has 152 valence electrons. The molecule has 0 aromatic carbocycles. The van der Waals surface area contributed by atoms with Crippen molar-refractivity contribution in [2.75, 3.05) is 14.2 Å². The van der Waals surface area contributed by atoms with Gasteiger partial charge in [0.2, 0.25) is 11.8 Å². The van der Waals surface area contributed by atoms with Crippen LogP contribution in [0.2, 0.25) is 0 Å². The average molecular weight is 378 g/mol. The third kappa shape index (κ3) is 3.61. The van der Waals surface area contributed by atoms with Gasteiger partial charge in [0, 0.05) is 14.2 Å². The van der Waals surface area contributed by atoms with Gasteiger partial charge in [-0.15, -0.1) is 0 Å². The quantitative estimate of drug-likeness (QED) is 0.558.